The second kappa shape index (κ2) is 7.62. The summed E-state index contributed by atoms with van der Waals surface area (Å²) in [6.07, 6.45) is 0.338. The molecule has 1 heterocycles. The Morgan fingerprint density at radius 1 is 1.08 bits per heavy atom. The lowest BCUT2D eigenvalue weighted by Crippen LogP contribution is -2.27. The Hall–Kier alpha value is -2.46. The Bertz CT molecular complexity index is 868. The molecule has 0 saturated carbocycles. The number of amides is 1. The van der Waals surface area contributed by atoms with Crippen LogP contribution in [0.25, 0.3) is 10.6 Å². The molecule has 3 nitrogen and oxygen atoms in total. The number of thiazole rings is 1. The largest absolute Gasteiger partial charge is 0.341 e. The average molecular weight is 350 g/mol. The molecule has 0 spiro atoms. The number of hydrogen-bond donors (Lipinski definition) is 0. The summed E-state index contributed by atoms with van der Waals surface area (Å²) in [5, 5.41) is 2.95. The molecule has 25 heavy (non-hydrogen) atoms. The van der Waals surface area contributed by atoms with Gasteiger partial charge in [-0.05, 0) is 25.5 Å². The van der Waals surface area contributed by atoms with Crippen LogP contribution in [0.3, 0.4) is 0 Å². The van der Waals surface area contributed by atoms with E-state index >= 15 is 0 Å². The molecule has 1 amide bonds. The number of rotatable bonds is 5. The molecular formula is C21H22N2OS. The lowest BCUT2D eigenvalue weighted by Gasteiger charge is -2.16. The number of nitrogens with zero attached hydrogens (tertiary/aromatic N) is 2. The van der Waals surface area contributed by atoms with Gasteiger partial charge in [0.2, 0.25) is 5.91 Å². The first-order valence-electron chi connectivity index (χ1n) is 8.32. The lowest BCUT2D eigenvalue weighted by molar-refractivity contribution is -0.129. The van der Waals surface area contributed by atoms with Crippen molar-refractivity contribution in [3.05, 3.63) is 76.3 Å². The van der Waals surface area contributed by atoms with Crippen molar-refractivity contribution in [3.8, 4) is 10.6 Å². The van der Waals surface area contributed by atoms with Crippen molar-refractivity contribution >= 4 is 17.2 Å². The second-order valence-corrected chi connectivity index (χ2v) is 7.28. The Kier molecular flexibility index (Phi) is 5.29. The number of carbonyl (C=O) groups is 1. The van der Waals surface area contributed by atoms with Crippen molar-refractivity contribution < 1.29 is 4.79 Å². The van der Waals surface area contributed by atoms with E-state index in [9.17, 15) is 4.79 Å². The van der Waals surface area contributed by atoms with Crippen molar-refractivity contribution in [2.45, 2.75) is 26.8 Å². The summed E-state index contributed by atoms with van der Waals surface area (Å²) in [5.41, 5.74) is 5.52. The van der Waals surface area contributed by atoms with E-state index in [2.05, 4.69) is 61.3 Å². The van der Waals surface area contributed by atoms with Crippen LogP contribution in [-0.4, -0.2) is 22.8 Å². The monoisotopic (exact) mass is 350 g/mol. The molecule has 0 atom stereocenters. The molecule has 0 saturated heterocycles. The van der Waals surface area contributed by atoms with Gasteiger partial charge in [0.1, 0.15) is 5.01 Å². The van der Waals surface area contributed by atoms with E-state index in [0.717, 1.165) is 21.8 Å². The summed E-state index contributed by atoms with van der Waals surface area (Å²) in [6, 6.07) is 16.6. The van der Waals surface area contributed by atoms with Crippen molar-refractivity contribution in [1.82, 2.24) is 9.88 Å². The molecule has 1 aromatic heterocycles. The van der Waals surface area contributed by atoms with E-state index in [0.29, 0.717) is 13.0 Å². The fourth-order valence-corrected chi connectivity index (χ4v) is 3.46. The highest BCUT2D eigenvalue weighted by molar-refractivity contribution is 7.13. The van der Waals surface area contributed by atoms with Crippen LogP contribution in [0.2, 0.25) is 0 Å². The molecule has 3 rings (SSSR count). The smallest absolute Gasteiger partial charge is 0.228 e. The van der Waals surface area contributed by atoms with Gasteiger partial charge in [-0.2, -0.15) is 0 Å². The zero-order chi connectivity index (χ0) is 17.8. The third kappa shape index (κ3) is 4.54. The standard InChI is InChI=1S/C21H22N2OS/c1-15-7-9-17(10-8-15)13-23(3)20(24)12-19-14-25-21(22-19)18-6-4-5-16(2)11-18/h4-11,14H,12-13H2,1-3H3. The Labute approximate surface area is 153 Å². The second-order valence-electron chi connectivity index (χ2n) is 6.43. The van der Waals surface area contributed by atoms with E-state index in [4.69, 9.17) is 0 Å². The fourth-order valence-electron chi connectivity index (χ4n) is 2.64. The van der Waals surface area contributed by atoms with Crippen LogP contribution in [0.15, 0.2) is 53.9 Å². The molecule has 0 N–H and O–H groups in total. The maximum atomic E-state index is 12.5. The molecule has 0 fully saturated rings. The van der Waals surface area contributed by atoms with Crippen LogP contribution >= 0.6 is 11.3 Å². The summed E-state index contributed by atoms with van der Waals surface area (Å²) < 4.78 is 0. The minimum atomic E-state index is 0.0849. The zero-order valence-electron chi connectivity index (χ0n) is 14.8. The third-order valence-corrected chi connectivity index (χ3v) is 5.06. The van der Waals surface area contributed by atoms with Gasteiger partial charge in [0, 0.05) is 24.5 Å². The number of aromatic nitrogens is 1. The van der Waals surface area contributed by atoms with E-state index < -0.39 is 0 Å². The quantitative estimate of drug-likeness (QED) is 0.672. The molecular weight excluding hydrogens is 328 g/mol. The summed E-state index contributed by atoms with van der Waals surface area (Å²) in [7, 11) is 1.84. The SMILES string of the molecule is Cc1ccc(CN(C)C(=O)Cc2csc(-c3cccc(C)c3)n2)cc1. The van der Waals surface area contributed by atoms with Crippen molar-refractivity contribution in [2.24, 2.45) is 0 Å². The molecule has 2 aromatic carbocycles. The van der Waals surface area contributed by atoms with E-state index in [1.54, 1.807) is 16.2 Å². The van der Waals surface area contributed by atoms with E-state index in [1.165, 1.54) is 11.1 Å². The first kappa shape index (κ1) is 17.4. The average Bonchev–Trinajstić information content (AvgIpc) is 3.05. The first-order valence-corrected chi connectivity index (χ1v) is 9.20. The number of likely N-dealkylation sites (N-methyl/N-ethyl adjacent to an activating group) is 1. The highest BCUT2D eigenvalue weighted by Crippen LogP contribution is 2.24. The molecule has 0 unspecified atom stereocenters. The van der Waals surface area contributed by atoms with Gasteiger partial charge in [0.25, 0.3) is 0 Å². The minimum absolute atomic E-state index is 0.0849. The Morgan fingerprint density at radius 2 is 1.84 bits per heavy atom. The van der Waals surface area contributed by atoms with Gasteiger partial charge in [0.15, 0.2) is 0 Å². The van der Waals surface area contributed by atoms with Crippen molar-refractivity contribution in [2.75, 3.05) is 7.05 Å². The Balaban J connectivity index is 1.64. The highest BCUT2D eigenvalue weighted by Gasteiger charge is 2.13. The van der Waals surface area contributed by atoms with Gasteiger partial charge in [-0.1, -0.05) is 53.6 Å². The molecule has 0 bridgehead atoms. The van der Waals surface area contributed by atoms with Crippen molar-refractivity contribution in [3.63, 3.8) is 0 Å². The van der Waals surface area contributed by atoms with Gasteiger partial charge < -0.3 is 4.90 Å². The molecule has 128 valence electrons. The fraction of sp³-hybridized carbons (Fsp3) is 0.238. The first-order chi connectivity index (χ1) is 12.0. The Morgan fingerprint density at radius 3 is 2.56 bits per heavy atom. The lowest BCUT2D eigenvalue weighted by atomic mass is 10.1. The number of aryl methyl sites for hydroxylation is 2. The predicted molar refractivity (Wildman–Crippen MR) is 104 cm³/mol. The van der Waals surface area contributed by atoms with E-state index in [1.807, 2.05) is 18.5 Å². The van der Waals surface area contributed by atoms with Crippen LogP contribution in [0.4, 0.5) is 0 Å². The number of hydrogen-bond acceptors (Lipinski definition) is 3. The third-order valence-electron chi connectivity index (χ3n) is 4.12. The van der Waals surface area contributed by atoms with Gasteiger partial charge >= 0.3 is 0 Å². The van der Waals surface area contributed by atoms with Gasteiger partial charge in [0.05, 0.1) is 12.1 Å². The maximum absolute atomic E-state index is 12.5. The van der Waals surface area contributed by atoms with Crippen LogP contribution in [0, 0.1) is 13.8 Å². The van der Waals surface area contributed by atoms with Crippen LogP contribution in [0.1, 0.15) is 22.4 Å². The number of carbonyl (C=O) groups excluding carboxylic acids is 1. The van der Waals surface area contributed by atoms with Crippen LogP contribution in [0.5, 0.6) is 0 Å². The van der Waals surface area contributed by atoms with Gasteiger partial charge in [-0.25, -0.2) is 4.98 Å². The predicted octanol–water partition coefficient (Wildman–Crippen LogP) is 4.63. The van der Waals surface area contributed by atoms with Gasteiger partial charge in [-0.15, -0.1) is 11.3 Å². The van der Waals surface area contributed by atoms with Crippen LogP contribution in [-0.2, 0) is 17.8 Å². The minimum Gasteiger partial charge on any atom is -0.341 e. The topological polar surface area (TPSA) is 33.2 Å². The summed E-state index contributed by atoms with van der Waals surface area (Å²) in [6.45, 7) is 4.75. The van der Waals surface area contributed by atoms with Gasteiger partial charge in [-0.3, -0.25) is 4.79 Å². The summed E-state index contributed by atoms with van der Waals surface area (Å²) in [4.78, 5) is 18.9. The molecule has 0 aliphatic heterocycles. The number of benzene rings is 2. The summed E-state index contributed by atoms with van der Waals surface area (Å²) in [5.74, 6) is 0.0849. The normalized spacial score (nSPS) is 10.7. The molecule has 0 radical (unpaired) electrons. The van der Waals surface area contributed by atoms with E-state index in [-0.39, 0.29) is 5.91 Å². The molecule has 4 heteroatoms. The van der Waals surface area contributed by atoms with Crippen molar-refractivity contribution in [1.29, 1.82) is 0 Å². The molecule has 3 aromatic rings. The van der Waals surface area contributed by atoms with Crippen LogP contribution < -0.4 is 0 Å². The molecule has 0 aliphatic carbocycles. The summed E-state index contributed by atoms with van der Waals surface area (Å²) >= 11 is 1.59. The maximum Gasteiger partial charge on any atom is 0.228 e. The molecule has 0 aliphatic rings. The zero-order valence-corrected chi connectivity index (χ0v) is 15.6. The highest BCUT2D eigenvalue weighted by atomic mass is 32.1.